The van der Waals surface area contributed by atoms with Gasteiger partial charge in [0.2, 0.25) is 0 Å². The molecule has 2 rings (SSSR count). The first kappa shape index (κ1) is 15.7. The first-order valence-corrected chi connectivity index (χ1v) is 7.15. The fourth-order valence-corrected chi connectivity index (χ4v) is 2.23. The Morgan fingerprint density at radius 3 is 2.81 bits per heavy atom. The summed E-state index contributed by atoms with van der Waals surface area (Å²) in [4.78, 5) is 14.6. The highest BCUT2D eigenvalue weighted by Crippen LogP contribution is 2.34. The van der Waals surface area contributed by atoms with E-state index in [0.717, 1.165) is 0 Å². The van der Waals surface area contributed by atoms with Crippen molar-refractivity contribution < 1.29 is 9.31 Å². The molecule has 1 aromatic carbocycles. The third-order valence-corrected chi connectivity index (χ3v) is 3.95. The van der Waals surface area contributed by atoms with Crippen molar-refractivity contribution in [2.24, 2.45) is 0 Å². The second-order valence-corrected chi connectivity index (χ2v) is 5.34. The summed E-state index contributed by atoms with van der Waals surface area (Å²) in [5, 5.41) is 13.8. The van der Waals surface area contributed by atoms with Gasteiger partial charge in [-0.3, -0.25) is 10.1 Å². The molecule has 0 radical (unpaired) electrons. The van der Waals surface area contributed by atoms with E-state index in [1.54, 1.807) is 6.07 Å². The van der Waals surface area contributed by atoms with Crippen LogP contribution < -0.4 is 5.32 Å². The number of nitrogens with one attached hydrogen (secondary N) is 1. The average Bonchev–Trinajstić information content (AvgIpc) is 2.45. The van der Waals surface area contributed by atoms with E-state index >= 15 is 0 Å². The predicted molar refractivity (Wildman–Crippen MR) is 83.2 cm³/mol. The van der Waals surface area contributed by atoms with E-state index < -0.39 is 10.7 Å². The van der Waals surface area contributed by atoms with Crippen molar-refractivity contribution >= 4 is 39.0 Å². The molecule has 0 aliphatic carbocycles. The molecule has 8 heteroatoms. The summed E-state index contributed by atoms with van der Waals surface area (Å²) in [6.45, 7) is 2.37. The molecule has 5 nitrogen and oxygen atoms in total. The zero-order valence-corrected chi connectivity index (χ0v) is 13.2. The quantitative estimate of drug-likeness (QED) is 0.481. The van der Waals surface area contributed by atoms with Crippen molar-refractivity contribution in [2.45, 2.75) is 6.92 Å². The SMILES string of the molecule is CCNc1cc([N+](=O)[O-])cc(-c2ccc(Br)c(Cl)c2F)n1. The minimum Gasteiger partial charge on any atom is -0.370 e. The Bertz CT molecular complexity index is 712. The lowest BCUT2D eigenvalue weighted by Gasteiger charge is -2.08. The molecule has 0 aliphatic rings. The van der Waals surface area contributed by atoms with Crippen LogP contribution in [0.25, 0.3) is 11.3 Å². The van der Waals surface area contributed by atoms with Gasteiger partial charge in [0.1, 0.15) is 5.82 Å². The molecular formula is C13H10BrClFN3O2. The molecule has 0 fully saturated rings. The van der Waals surface area contributed by atoms with Gasteiger partial charge in [-0.05, 0) is 35.0 Å². The normalized spacial score (nSPS) is 10.5. The highest BCUT2D eigenvalue weighted by atomic mass is 79.9. The number of anilines is 1. The summed E-state index contributed by atoms with van der Waals surface area (Å²) in [5.74, 6) is -0.373. The number of nitrogens with zero attached hydrogens (tertiary/aromatic N) is 2. The zero-order valence-electron chi connectivity index (χ0n) is 10.9. The standard InChI is InChI=1S/C13H10BrClFN3O2/c1-2-17-11-6-7(19(20)21)5-10(18-11)8-3-4-9(14)12(15)13(8)16/h3-6H,2H2,1H3,(H,17,18). The van der Waals surface area contributed by atoms with Crippen LogP contribution in [0.4, 0.5) is 15.9 Å². The lowest BCUT2D eigenvalue weighted by atomic mass is 10.1. The fraction of sp³-hybridized carbons (Fsp3) is 0.154. The van der Waals surface area contributed by atoms with E-state index in [9.17, 15) is 14.5 Å². The first-order chi connectivity index (χ1) is 9.93. The number of hydrogen-bond donors (Lipinski definition) is 1. The summed E-state index contributed by atoms with van der Waals surface area (Å²) in [6, 6.07) is 5.54. The number of hydrogen-bond acceptors (Lipinski definition) is 4. The molecule has 0 aliphatic heterocycles. The second kappa shape index (κ2) is 6.36. The number of nitro groups is 1. The van der Waals surface area contributed by atoms with Crippen LogP contribution in [0.3, 0.4) is 0 Å². The van der Waals surface area contributed by atoms with Gasteiger partial charge in [-0.2, -0.15) is 0 Å². The number of benzene rings is 1. The summed E-state index contributed by atoms with van der Waals surface area (Å²) >= 11 is 8.95. The van der Waals surface area contributed by atoms with Crippen molar-refractivity contribution in [1.29, 1.82) is 0 Å². The summed E-state index contributed by atoms with van der Waals surface area (Å²) < 4.78 is 14.6. The highest BCUT2D eigenvalue weighted by molar-refractivity contribution is 9.10. The minimum atomic E-state index is -0.679. The van der Waals surface area contributed by atoms with Crippen LogP contribution in [0.5, 0.6) is 0 Å². The van der Waals surface area contributed by atoms with Crippen molar-refractivity contribution in [2.75, 3.05) is 11.9 Å². The van der Waals surface area contributed by atoms with Gasteiger partial charge in [0, 0.05) is 22.6 Å². The van der Waals surface area contributed by atoms with Gasteiger partial charge >= 0.3 is 0 Å². The molecule has 0 saturated carbocycles. The van der Waals surface area contributed by atoms with E-state index in [4.69, 9.17) is 11.6 Å². The number of aromatic nitrogens is 1. The van der Waals surface area contributed by atoms with Gasteiger partial charge in [-0.25, -0.2) is 9.37 Å². The monoisotopic (exact) mass is 373 g/mol. The van der Waals surface area contributed by atoms with Gasteiger partial charge in [-0.1, -0.05) is 11.6 Å². The van der Waals surface area contributed by atoms with Crippen LogP contribution >= 0.6 is 27.5 Å². The molecule has 1 N–H and O–H groups in total. The highest BCUT2D eigenvalue weighted by Gasteiger charge is 2.17. The zero-order chi connectivity index (χ0) is 15.6. The maximum atomic E-state index is 14.2. The third-order valence-electron chi connectivity index (χ3n) is 2.69. The van der Waals surface area contributed by atoms with Crippen LogP contribution in [0.1, 0.15) is 6.92 Å². The molecule has 0 bridgehead atoms. The first-order valence-electron chi connectivity index (χ1n) is 5.98. The van der Waals surface area contributed by atoms with E-state index in [1.165, 1.54) is 18.2 Å². The Balaban J connectivity index is 2.63. The molecule has 1 aromatic heterocycles. The Labute approximate surface area is 133 Å². The molecule has 0 unspecified atom stereocenters. The molecular weight excluding hydrogens is 365 g/mol. The number of halogens is 3. The van der Waals surface area contributed by atoms with Crippen LogP contribution in [0.15, 0.2) is 28.7 Å². The number of pyridine rings is 1. The molecule has 0 atom stereocenters. The number of rotatable bonds is 4. The largest absolute Gasteiger partial charge is 0.370 e. The van der Waals surface area contributed by atoms with Gasteiger partial charge in [0.05, 0.1) is 21.7 Å². The molecule has 21 heavy (non-hydrogen) atoms. The predicted octanol–water partition coefficient (Wildman–Crippen LogP) is 4.64. The molecule has 0 spiro atoms. The molecule has 0 amide bonds. The van der Waals surface area contributed by atoms with Crippen molar-refractivity contribution in [3.8, 4) is 11.3 Å². The van der Waals surface area contributed by atoms with E-state index in [0.29, 0.717) is 16.8 Å². The lowest BCUT2D eigenvalue weighted by Crippen LogP contribution is -2.02. The van der Waals surface area contributed by atoms with Gasteiger partial charge in [0.25, 0.3) is 5.69 Å². The van der Waals surface area contributed by atoms with Crippen molar-refractivity contribution in [1.82, 2.24) is 4.98 Å². The summed E-state index contributed by atoms with van der Waals surface area (Å²) in [6.07, 6.45) is 0. The van der Waals surface area contributed by atoms with Crippen LogP contribution in [0.2, 0.25) is 5.02 Å². The smallest absolute Gasteiger partial charge is 0.275 e. The van der Waals surface area contributed by atoms with Crippen LogP contribution in [0, 0.1) is 15.9 Å². The molecule has 2 aromatic rings. The average molecular weight is 375 g/mol. The lowest BCUT2D eigenvalue weighted by molar-refractivity contribution is -0.384. The Kier molecular flexibility index (Phi) is 4.74. The maximum absolute atomic E-state index is 14.2. The van der Waals surface area contributed by atoms with Gasteiger partial charge in [-0.15, -0.1) is 0 Å². The van der Waals surface area contributed by atoms with Crippen molar-refractivity contribution in [3.05, 3.63) is 49.7 Å². The second-order valence-electron chi connectivity index (χ2n) is 4.11. The third kappa shape index (κ3) is 3.30. The van der Waals surface area contributed by atoms with Gasteiger partial charge in [0.15, 0.2) is 5.82 Å². The molecule has 110 valence electrons. The summed E-state index contributed by atoms with van der Waals surface area (Å²) in [5.41, 5.74) is 0.0764. The fourth-order valence-electron chi connectivity index (χ4n) is 1.75. The molecule has 0 saturated heterocycles. The topological polar surface area (TPSA) is 68.1 Å². The maximum Gasteiger partial charge on any atom is 0.275 e. The van der Waals surface area contributed by atoms with Crippen molar-refractivity contribution in [3.63, 3.8) is 0 Å². The van der Waals surface area contributed by atoms with E-state index in [1.807, 2.05) is 6.92 Å². The van der Waals surface area contributed by atoms with Crippen LogP contribution in [-0.4, -0.2) is 16.5 Å². The van der Waals surface area contributed by atoms with Gasteiger partial charge < -0.3 is 5.32 Å². The Morgan fingerprint density at radius 2 is 2.19 bits per heavy atom. The Morgan fingerprint density at radius 1 is 1.48 bits per heavy atom. The van der Waals surface area contributed by atoms with E-state index in [-0.39, 0.29) is 22.0 Å². The van der Waals surface area contributed by atoms with E-state index in [2.05, 4.69) is 26.2 Å². The van der Waals surface area contributed by atoms with Crippen LogP contribution in [-0.2, 0) is 0 Å². The summed E-state index contributed by atoms with van der Waals surface area (Å²) in [7, 11) is 0. The Hall–Kier alpha value is -1.73. The molecule has 1 heterocycles. The minimum absolute atomic E-state index is 0.0918.